The van der Waals surface area contributed by atoms with Gasteiger partial charge in [0, 0.05) is 6.54 Å². The van der Waals surface area contributed by atoms with Gasteiger partial charge in [-0.1, -0.05) is 49.4 Å². The van der Waals surface area contributed by atoms with Gasteiger partial charge in [0.15, 0.2) is 11.5 Å². The first-order valence-corrected chi connectivity index (χ1v) is 8.51. The van der Waals surface area contributed by atoms with Gasteiger partial charge in [-0.25, -0.2) is 0 Å². The highest BCUT2D eigenvalue weighted by Crippen LogP contribution is 2.25. The van der Waals surface area contributed by atoms with Crippen molar-refractivity contribution in [2.45, 2.75) is 13.5 Å². The molecule has 0 heterocycles. The zero-order chi connectivity index (χ0) is 17.9. The summed E-state index contributed by atoms with van der Waals surface area (Å²) in [5, 5.41) is 2.89. The largest absolute Gasteiger partial charge is 0.493 e. The van der Waals surface area contributed by atoms with Gasteiger partial charge in [0.05, 0.1) is 20.2 Å². The van der Waals surface area contributed by atoms with Crippen LogP contribution in [0, 0.1) is 0 Å². The minimum Gasteiger partial charge on any atom is -0.493 e. The third-order valence-corrected chi connectivity index (χ3v) is 3.81. The van der Waals surface area contributed by atoms with E-state index in [-0.39, 0.29) is 5.91 Å². The Morgan fingerprint density at radius 1 is 1.04 bits per heavy atom. The topological polar surface area (TPSA) is 50.8 Å². The second kappa shape index (κ2) is 10.4. The number of methoxy groups -OCH3 is 1. The van der Waals surface area contributed by atoms with Crippen molar-refractivity contribution in [3.05, 3.63) is 60.2 Å². The molecule has 2 aromatic rings. The lowest BCUT2D eigenvalue weighted by Gasteiger charge is -2.20. The lowest BCUT2D eigenvalue weighted by molar-refractivity contribution is -0.122. The van der Waals surface area contributed by atoms with Gasteiger partial charge < -0.3 is 14.8 Å². The minimum atomic E-state index is 0.00130. The molecule has 0 radical (unpaired) electrons. The molecule has 0 bridgehead atoms. The van der Waals surface area contributed by atoms with E-state index in [1.165, 1.54) is 5.56 Å². The Morgan fingerprint density at radius 3 is 2.40 bits per heavy atom. The molecule has 25 heavy (non-hydrogen) atoms. The van der Waals surface area contributed by atoms with Gasteiger partial charge in [-0.3, -0.25) is 9.69 Å². The molecule has 2 rings (SSSR count). The number of amides is 1. The van der Waals surface area contributed by atoms with Gasteiger partial charge in [0.25, 0.3) is 0 Å². The van der Waals surface area contributed by atoms with Gasteiger partial charge >= 0.3 is 0 Å². The molecule has 0 aliphatic heterocycles. The Hall–Kier alpha value is -2.53. The van der Waals surface area contributed by atoms with E-state index >= 15 is 0 Å². The maximum absolute atomic E-state index is 12.1. The molecule has 1 N–H and O–H groups in total. The number of nitrogens with zero attached hydrogens (tertiary/aromatic N) is 1. The summed E-state index contributed by atoms with van der Waals surface area (Å²) in [5.74, 6) is 1.37. The van der Waals surface area contributed by atoms with Crippen molar-refractivity contribution in [3.8, 4) is 11.5 Å². The quantitative estimate of drug-likeness (QED) is 0.675. The summed E-state index contributed by atoms with van der Waals surface area (Å²) in [6.45, 7) is 4.88. The van der Waals surface area contributed by atoms with Crippen LogP contribution in [-0.4, -0.2) is 44.2 Å². The van der Waals surface area contributed by atoms with Crippen molar-refractivity contribution >= 4 is 5.91 Å². The van der Waals surface area contributed by atoms with Crippen molar-refractivity contribution in [2.75, 3.05) is 33.4 Å². The summed E-state index contributed by atoms with van der Waals surface area (Å²) in [6.07, 6.45) is 0. The van der Waals surface area contributed by atoms with Crippen LogP contribution in [0.3, 0.4) is 0 Å². The number of carbonyl (C=O) groups is 1. The third-order valence-electron chi connectivity index (χ3n) is 3.81. The van der Waals surface area contributed by atoms with Crippen molar-refractivity contribution < 1.29 is 14.3 Å². The van der Waals surface area contributed by atoms with E-state index in [4.69, 9.17) is 9.47 Å². The van der Waals surface area contributed by atoms with Crippen LogP contribution in [0.4, 0.5) is 0 Å². The van der Waals surface area contributed by atoms with Crippen LogP contribution in [0.5, 0.6) is 11.5 Å². The van der Waals surface area contributed by atoms with Crippen LogP contribution in [0.25, 0.3) is 0 Å². The van der Waals surface area contributed by atoms with Crippen molar-refractivity contribution in [1.82, 2.24) is 10.2 Å². The predicted octanol–water partition coefficient (Wildman–Crippen LogP) is 2.71. The highest BCUT2D eigenvalue weighted by molar-refractivity contribution is 5.78. The Kier molecular flexibility index (Phi) is 7.79. The van der Waals surface area contributed by atoms with Crippen LogP contribution in [0.15, 0.2) is 54.6 Å². The number of para-hydroxylation sites is 2. The molecule has 134 valence electrons. The van der Waals surface area contributed by atoms with E-state index in [9.17, 15) is 4.79 Å². The number of carbonyl (C=O) groups excluding carboxylic acids is 1. The summed E-state index contributed by atoms with van der Waals surface area (Å²) < 4.78 is 10.9. The summed E-state index contributed by atoms with van der Waals surface area (Å²) in [4.78, 5) is 14.2. The summed E-state index contributed by atoms with van der Waals surface area (Å²) in [7, 11) is 1.61. The Morgan fingerprint density at radius 2 is 1.72 bits per heavy atom. The Bertz CT molecular complexity index is 646. The molecule has 0 saturated carbocycles. The Labute approximate surface area is 149 Å². The van der Waals surface area contributed by atoms with Gasteiger partial charge in [-0.2, -0.15) is 0 Å². The normalized spacial score (nSPS) is 10.5. The molecule has 0 atom stereocenters. The maximum atomic E-state index is 12.1. The number of likely N-dealkylation sites (N-methyl/N-ethyl adjacent to an activating group) is 1. The molecule has 0 fully saturated rings. The number of nitrogens with one attached hydrogen (secondary N) is 1. The van der Waals surface area contributed by atoms with Crippen LogP contribution in [-0.2, 0) is 11.3 Å². The molecular weight excluding hydrogens is 316 g/mol. The molecule has 0 unspecified atom stereocenters. The van der Waals surface area contributed by atoms with E-state index in [0.717, 1.165) is 13.1 Å². The number of benzene rings is 2. The number of hydrogen-bond donors (Lipinski definition) is 1. The zero-order valence-electron chi connectivity index (χ0n) is 14.9. The molecule has 0 saturated heterocycles. The van der Waals surface area contributed by atoms with Gasteiger partial charge in [0.2, 0.25) is 5.91 Å². The van der Waals surface area contributed by atoms with Gasteiger partial charge in [-0.15, -0.1) is 0 Å². The predicted molar refractivity (Wildman–Crippen MR) is 98.9 cm³/mol. The minimum absolute atomic E-state index is 0.00130. The second-order valence-corrected chi connectivity index (χ2v) is 5.64. The third kappa shape index (κ3) is 6.47. The van der Waals surface area contributed by atoms with Crippen molar-refractivity contribution in [2.24, 2.45) is 0 Å². The fourth-order valence-corrected chi connectivity index (χ4v) is 2.47. The highest BCUT2D eigenvalue weighted by atomic mass is 16.5. The van der Waals surface area contributed by atoms with Gasteiger partial charge in [-0.05, 0) is 24.2 Å². The number of ether oxygens (including phenoxy) is 2. The highest BCUT2D eigenvalue weighted by Gasteiger charge is 2.09. The maximum Gasteiger partial charge on any atom is 0.234 e. The van der Waals surface area contributed by atoms with E-state index < -0.39 is 0 Å². The standard InChI is InChI=1S/C20H26N2O3/c1-3-22(15-17-9-5-4-6-10-17)16-20(23)21-13-14-25-19-12-8-7-11-18(19)24-2/h4-12H,3,13-16H2,1-2H3,(H,21,23). The first-order chi connectivity index (χ1) is 12.2. The van der Waals surface area contributed by atoms with Crippen molar-refractivity contribution in [1.29, 1.82) is 0 Å². The smallest absolute Gasteiger partial charge is 0.234 e. The molecular formula is C20H26N2O3. The fourth-order valence-electron chi connectivity index (χ4n) is 2.47. The summed E-state index contributed by atoms with van der Waals surface area (Å²) in [6, 6.07) is 17.6. The first kappa shape index (κ1) is 18.8. The Balaban J connectivity index is 1.70. The van der Waals surface area contributed by atoms with Crippen LogP contribution >= 0.6 is 0 Å². The second-order valence-electron chi connectivity index (χ2n) is 5.64. The molecule has 0 spiro atoms. The van der Waals surface area contributed by atoms with E-state index in [2.05, 4.69) is 29.3 Å². The first-order valence-electron chi connectivity index (χ1n) is 8.51. The molecule has 2 aromatic carbocycles. The molecule has 1 amide bonds. The average molecular weight is 342 g/mol. The van der Waals surface area contributed by atoms with E-state index in [0.29, 0.717) is 31.2 Å². The van der Waals surface area contributed by atoms with Crippen LogP contribution in [0.1, 0.15) is 12.5 Å². The fraction of sp³-hybridized carbons (Fsp3) is 0.350. The average Bonchev–Trinajstić information content (AvgIpc) is 2.65. The summed E-state index contributed by atoms with van der Waals surface area (Å²) in [5.41, 5.74) is 1.21. The monoisotopic (exact) mass is 342 g/mol. The SMILES string of the molecule is CCN(CC(=O)NCCOc1ccccc1OC)Cc1ccccc1. The van der Waals surface area contributed by atoms with Crippen LogP contribution in [0.2, 0.25) is 0 Å². The molecule has 0 aliphatic rings. The number of hydrogen-bond acceptors (Lipinski definition) is 4. The molecule has 5 nitrogen and oxygen atoms in total. The van der Waals surface area contributed by atoms with Crippen molar-refractivity contribution in [3.63, 3.8) is 0 Å². The van der Waals surface area contributed by atoms with E-state index in [1.807, 2.05) is 42.5 Å². The van der Waals surface area contributed by atoms with E-state index in [1.54, 1.807) is 7.11 Å². The lowest BCUT2D eigenvalue weighted by Crippen LogP contribution is -2.38. The molecule has 5 heteroatoms. The summed E-state index contributed by atoms with van der Waals surface area (Å²) >= 11 is 0. The lowest BCUT2D eigenvalue weighted by atomic mass is 10.2. The van der Waals surface area contributed by atoms with Crippen LogP contribution < -0.4 is 14.8 Å². The zero-order valence-corrected chi connectivity index (χ0v) is 14.9. The molecule has 0 aliphatic carbocycles. The van der Waals surface area contributed by atoms with Gasteiger partial charge in [0.1, 0.15) is 6.61 Å². The molecule has 0 aromatic heterocycles. The number of rotatable bonds is 10.